The summed E-state index contributed by atoms with van der Waals surface area (Å²) in [6.07, 6.45) is 2.92. The second-order valence-corrected chi connectivity index (χ2v) is 6.58. The van der Waals surface area contributed by atoms with Gasteiger partial charge in [-0.3, -0.25) is 9.59 Å². The number of para-hydroxylation sites is 3. The second-order valence-electron chi connectivity index (χ2n) is 6.58. The lowest BCUT2D eigenvalue weighted by Gasteiger charge is -2.30. The van der Waals surface area contributed by atoms with Gasteiger partial charge in [0.1, 0.15) is 0 Å². The van der Waals surface area contributed by atoms with Gasteiger partial charge in [0, 0.05) is 30.2 Å². The molecule has 1 amide bonds. The van der Waals surface area contributed by atoms with Crippen LogP contribution in [0.5, 0.6) is 0 Å². The molecule has 0 bridgehead atoms. The largest absolute Gasteiger partial charge is 0.378 e. The Kier molecular flexibility index (Phi) is 5.21. The number of amides is 1. The first-order chi connectivity index (χ1) is 13.7. The number of morpholine rings is 1. The average molecular weight is 375 g/mol. The van der Waals surface area contributed by atoms with Crippen LogP contribution < -0.4 is 15.8 Å². The van der Waals surface area contributed by atoms with Crippen molar-refractivity contribution < 1.29 is 9.53 Å². The topological polar surface area (TPSA) is 74.4 Å². The molecule has 2 aromatic carbocycles. The molecule has 28 heavy (non-hydrogen) atoms. The zero-order valence-electron chi connectivity index (χ0n) is 15.4. The van der Waals surface area contributed by atoms with Crippen molar-refractivity contribution in [2.75, 3.05) is 36.5 Å². The minimum atomic E-state index is -0.284. The van der Waals surface area contributed by atoms with E-state index in [0.717, 1.165) is 35.4 Å². The first kappa shape index (κ1) is 18.0. The number of hydrogen-bond acceptors (Lipinski definition) is 4. The lowest BCUT2D eigenvalue weighted by molar-refractivity contribution is -0.111. The average Bonchev–Trinajstić information content (AvgIpc) is 2.73. The van der Waals surface area contributed by atoms with Crippen LogP contribution in [-0.4, -0.2) is 37.2 Å². The number of aromatic nitrogens is 1. The number of ether oxygens (including phenoxy) is 1. The maximum Gasteiger partial charge on any atom is 0.255 e. The molecule has 0 saturated carbocycles. The fourth-order valence-corrected chi connectivity index (χ4v) is 3.29. The van der Waals surface area contributed by atoms with Gasteiger partial charge in [0.15, 0.2) is 0 Å². The standard InChI is InChI=1S/C22H21N3O3/c26-21(10-9-17-15-16-5-1-2-6-18(16)24-22(17)27)23-19-7-3-4-8-20(19)25-11-13-28-14-12-25/h1-10,15H,11-14H2,(H,23,26)(H,24,27)/b10-9+. The van der Waals surface area contributed by atoms with Crippen molar-refractivity contribution >= 4 is 34.3 Å². The van der Waals surface area contributed by atoms with Crippen LogP contribution in [0.1, 0.15) is 5.56 Å². The van der Waals surface area contributed by atoms with Gasteiger partial charge in [0.05, 0.1) is 24.6 Å². The van der Waals surface area contributed by atoms with Gasteiger partial charge < -0.3 is 19.9 Å². The number of fused-ring (bicyclic) bond motifs is 1. The summed E-state index contributed by atoms with van der Waals surface area (Å²) in [5.41, 5.74) is 2.70. The van der Waals surface area contributed by atoms with E-state index >= 15 is 0 Å². The van der Waals surface area contributed by atoms with E-state index in [1.54, 1.807) is 6.07 Å². The van der Waals surface area contributed by atoms with Crippen molar-refractivity contribution in [1.29, 1.82) is 0 Å². The number of H-pyrrole nitrogens is 1. The molecule has 0 atom stereocenters. The number of nitrogens with zero attached hydrogens (tertiary/aromatic N) is 1. The lowest BCUT2D eigenvalue weighted by Crippen LogP contribution is -2.36. The van der Waals surface area contributed by atoms with E-state index in [2.05, 4.69) is 15.2 Å². The van der Waals surface area contributed by atoms with Crippen molar-refractivity contribution in [3.05, 3.63) is 76.6 Å². The molecule has 1 aliphatic heterocycles. The molecule has 142 valence electrons. The molecule has 0 spiro atoms. The maximum atomic E-state index is 12.4. The molecule has 3 aromatic rings. The number of carbonyl (C=O) groups excluding carboxylic acids is 1. The molecule has 1 fully saturated rings. The molecule has 6 nitrogen and oxygen atoms in total. The Labute approximate surface area is 162 Å². The van der Waals surface area contributed by atoms with Crippen LogP contribution >= 0.6 is 0 Å². The van der Waals surface area contributed by atoms with E-state index in [1.165, 1.54) is 12.2 Å². The fraction of sp³-hybridized carbons (Fsp3) is 0.182. The molecule has 1 aromatic heterocycles. The summed E-state index contributed by atoms with van der Waals surface area (Å²) in [4.78, 5) is 29.7. The van der Waals surface area contributed by atoms with E-state index < -0.39 is 0 Å². The van der Waals surface area contributed by atoms with Crippen LogP contribution in [0.2, 0.25) is 0 Å². The van der Waals surface area contributed by atoms with Gasteiger partial charge >= 0.3 is 0 Å². The predicted molar refractivity (Wildman–Crippen MR) is 112 cm³/mol. The van der Waals surface area contributed by atoms with Gasteiger partial charge in [0.2, 0.25) is 5.91 Å². The van der Waals surface area contributed by atoms with Crippen LogP contribution in [0.25, 0.3) is 17.0 Å². The number of anilines is 2. The highest BCUT2D eigenvalue weighted by molar-refractivity contribution is 6.04. The Balaban J connectivity index is 1.52. The summed E-state index contributed by atoms with van der Waals surface area (Å²) in [5, 5.41) is 3.83. The van der Waals surface area contributed by atoms with Crippen LogP contribution in [-0.2, 0) is 9.53 Å². The molecule has 2 N–H and O–H groups in total. The Morgan fingerprint density at radius 1 is 1.07 bits per heavy atom. The lowest BCUT2D eigenvalue weighted by atomic mass is 10.1. The summed E-state index contributed by atoms with van der Waals surface area (Å²) in [5.74, 6) is -0.284. The van der Waals surface area contributed by atoms with Crippen LogP contribution in [0.15, 0.2) is 65.5 Å². The third-order valence-electron chi connectivity index (χ3n) is 4.71. The Hall–Kier alpha value is -3.38. The molecule has 0 aliphatic carbocycles. The summed E-state index contributed by atoms with van der Waals surface area (Å²) >= 11 is 0. The van der Waals surface area contributed by atoms with Gasteiger partial charge in [0.25, 0.3) is 5.56 Å². The first-order valence-electron chi connectivity index (χ1n) is 9.23. The summed E-state index contributed by atoms with van der Waals surface area (Å²) in [6.45, 7) is 2.92. The Morgan fingerprint density at radius 2 is 1.82 bits per heavy atom. The molecule has 0 radical (unpaired) electrons. The molecule has 4 rings (SSSR count). The third kappa shape index (κ3) is 3.97. The number of nitrogens with one attached hydrogen (secondary N) is 2. The predicted octanol–water partition coefficient (Wildman–Crippen LogP) is 3.02. The van der Waals surface area contributed by atoms with Crippen molar-refractivity contribution in [3.8, 4) is 0 Å². The Bertz CT molecular complexity index is 1080. The van der Waals surface area contributed by atoms with Gasteiger partial charge in [-0.25, -0.2) is 0 Å². The highest BCUT2D eigenvalue weighted by atomic mass is 16.5. The molecular weight excluding hydrogens is 354 g/mol. The number of rotatable bonds is 4. The Morgan fingerprint density at radius 3 is 2.68 bits per heavy atom. The summed E-state index contributed by atoms with van der Waals surface area (Å²) < 4.78 is 5.40. The van der Waals surface area contributed by atoms with Gasteiger partial charge in [-0.1, -0.05) is 30.3 Å². The minimum Gasteiger partial charge on any atom is -0.378 e. The van der Waals surface area contributed by atoms with Crippen molar-refractivity contribution in [3.63, 3.8) is 0 Å². The second kappa shape index (κ2) is 8.10. The molecule has 1 aliphatic rings. The fourth-order valence-electron chi connectivity index (χ4n) is 3.29. The molecule has 0 unspecified atom stereocenters. The van der Waals surface area contributed by atoms with Crippen LogP contribution in [0.4, 0.5) is 11.4 Å². The molecule has 2 heterocycles. The monoisotopic (exact) mass is 375 g/mol. The minimum absolute atomic E-state index is 0.225. The summed E-state index contributed by atoms with van der Waals surface area (Å²) in [6, 6.07) is 17.0. The summed E-state index contributed by atoms with van der Waals surface area (Å²) in [7, 11) is 0. The van der Waals surface area contributed by atoms with Crippen molar-refractivity contribution in [2.45, 2.75) is 0 Å². The molecule has 6 heteroatoms. The zero-order valence-corrected chi connectivity index (χ0v) is 15.4. The maximum absolute atomic E-state index is 12.4. The number of aromatic amines is 1. The first-order valence-corrected chi connectivity index (χ1v) is 9.23. The van der Waals surface area contributed by atoms with E-state index in [-0.39, 0.29) is 11.5 Å². The highest BCUT2D eigenvalue weighted by Crippen LogP contribution is 2.26. The van der Waals surface area contributed by atoms with E-state index in [9.17, 15) is 9.59 Å². The van der Waals surface area contributed by atoms with Crippen molar-refractivity contribution in [2.24, 2.45) is 0 Å². The number of carbonyl (C=O) groups is 1. The number of benzene rings is 2. The van der Waals surface area contributed by atoms with E-state index in [0.29, 0.717) is 18.8 Å². The van der Waals surface area contributed by atoms with Crippen LogP contribution in [0.3, 0.4) is 0 Å². The number of pyridine rings is 1. The highest BCUT2D eigenvalue weighted by Gasteiger charge is 2.15. The molecule has 1 saturated heterocycles. The van der Waals surface area contributed by atoms with Gasteiger partial charge in [-0.05, 0) is 35.7 Å². The van der Waals surface area contributed by atoms with E-state index in [1.807, 2.05) is 48.5 Å². The quantitative estimate of drug-likeness (QED) is 0.688. The third-order valence-corrected chi connectivity index (χ3v) is 4.71. The van der Waals surface area contributed by atoms with E-state index in [4.69, 9.17) is 4.74 Å². The van der Waals surface area contributed by atoms with Gasteiger partial charge in [-0.2, -0.15) is 0 Å². The number of hydrogen-bond donors (Lipinski definition) is 2. The van der Waals surface area contributed by atoms with Crippen molar-refractivity contribution in [1.82, 2.24) is 4.98 Å². The normalized spacial score (nSPS) is 14.5. The zero-order chi connectivity index (χ0) is 19.3. The SMILES string of the molecule is O=C(/C=C/c1cc2ccccc2[nH]c1=O)Nc1ccccc1N1CCOCC1. The van der Waals surface area contributed by atoms with Gasteiger partial charge in [-0.15, -0.1) is 0 Å². The molecular formula is C22H21N3O3. The van der Waals surface area contributed by atoms with Crippen LogP contribution in [0, 0.1) is 0 Å². The smallest absolute Gasteiger partial charge is 0.255 e.